The number of esters is 1. The van der Waals surface area contributed by atoms with Gasteiger partial charge < -0.3 is 54.7 Å². The second kappa shape index (κ2) is 8.84. The molecule has 0 spiro atoms. The van der Waals surface area contributed by atoms with Crippen LogP contribution in [-0.4, -0.2) is 116 Å². The monoisotopic (exact) mass is 384 g/mol. The van der Waals surface area contributed by atoms with Crippen molar-refractivity contribution in [3.8, 4) is 0 Å². The molecule has 12 heteroatoms. The van der Waals surface area contributed by atoms with Gasteiger partial charge in [0.05, 0.1) is 6.61 Å². The van der Waals surface area contributed by atoms with Crippen molar-refractivity contribution in [2.45, 2.75) is 68.3 Å². The van der Waals surface area contributed by atoms with Crippen LogP contribution in [0.1, 0.15) is 6.92 Å². The smallest absolute Gasteiger partial charge is 0.302 e. The Morgan fingerprint density at radius 1 is 0.808 bits per heavy atom. The molecule has 0 bridgehead atoms. The predicted molar refractivity (Wildman–Crippen MR) is 78.2 cm³/mol. The number of hydrogen-bond donors (Lipinski definition) is 7. The summed E-state index contributed by atoms with van der Waals surface area (Å²) in [7, 11) is 0. The zero-order valence-corrected chi connectivity index (χ0v) is 13.9. The van der Waals surface area contributed by atoms with Gasteiger partial charge in [0, 0.05) is 6.92 Å². The minimum atomic E-state index is -1.76. The largest absolute Gasteiger partial charge is 0.463 e. The van der Waals surface area contributed by atoms with Crippen LogP contribution in [0.15, 0.2) is 0 Å². The average Bonchev–Trinajstić information content (AvgIpc) is 2.61. The van der Waals surface area contributed by atoms with E-state index in [0.29, 0.717) is 0 Å². The van der Waals surface area contributed by atoms with Gasteiger partial charge in [0.1, 0.15) is 55.4 Å². The van der Waals surface area contributed by atoms with E-state index >= 15 is 0 Å². The van der Waals surface area contributed by atoms with Crippen molar-refractivity contribution in [2.75, 3.05) is 13.2 Å². The van der Waals surface area contributed by atoms with Crippen molar-refractivity contribution in [2.24, 2.45) is 0 Å². The Bertz CT molecular complexity index is 473. The Morgan fingerprint density at radius 3 is 1.73 bits per heavy atom. The van der Waals surface area contributed by atoms with Crippen LogP contribution in [0.2, 0.25) is 0 Å². The van der Waals surface area contributed by atoms with Crippen molar-refractivity contribution in [1.29, 1.82) is 0 Å². The normalized spacial score (nSPS) is 46.8. The molecule has 0 amide bonds. The van der Waals surface area contributed by atoms with Crippen molar-refractivity contribution < 1.29 is 59.5 Å². The molecule has 2 fully saturated rings. The van der Waals surface area contributed by atoms with Gasteiger partial charge in [-0.15, -0.1) is 0 Å². The van der Waals surface area contributed by atoms with Gasteiger partial charge in [-0.1, -0.05) is 0 Å². The quantitative estimate of drug-likeness (QED) is 0.224. The molecule has 0 radical (unpaired) electrons. The maximum absolute atomic E-state index is 10.9. The standard InChI is InChI=1S/C14H24O12/c1-4(16)23-3-6-8(18)10(20)12(22)14(25-6)26-13-11(21)9(19)7(17)5(2-15)24-13/h5-15,17-22H,2-3H2,1H3/t5?,6?,7?,8-,9-,10+,11?,12?,13-,14-/m1/s1. The molecule has 0 aromatic rings. The van der Waals surface area contributed by atoms with Crippen LogP contribution >= 0.6 is 0 Å². The molecule has 0 saturated carbocycles. The van der Waals surface area contributed by atoms with Crippen LogP contribution in [0.4, 0.5) is 0 Å². The second-order valence-corrected chi connectivity index (χ2v) is 6.15. The molecule has 0 aromatic heterocycles. The van der Waals surface area contributed by atoms with Gasteiger partial charge in [-0.3, -0.25) is 4.79 Å². The summed E-state index contributed by atoms with van der Waals surface area (Å²) < 4.78 is 20.3. The topological polar surface area (TPSA) is 196 Å². The number of hydrogen-bond acceptors (Lipinski definition) is 12. The third-order valence-corrected chi connectivity index (χ3v) is 4.24. The number of aliphatic hydroxyl groups excluding tert-OH is 7. The highest BCUT2D eigenvalue weighted by atomic mass is 16.8. The second-order valence-electron chi connectivity index (χ2n) is 6.15. The summed E-state index contributed by atoms with van der Waals surface area (Å²) in [6.07, 6.45) is -15.9. The van der Waals surface area contributed by atoms with Gasteiger partial charge in [0.15, 0.2) is 12.6 Å². The van der Waals surface area contributed by atoms with E-state index in [1.165, 1.54) is 0 Å². The summed E-state index contributed by atoms with van der Waals surface area (Å²) in [5.41, 5.74) is 0. The van der Waals surface area contributed by atoms with E-state index in [4.69, 9.17) is 24.1 Å². The molecule has 12 nitrogen and oxygen atoms in total. The fourth-order valence-corrected chi connectivity index (χ4v) is 2.68. The van der Waals surface area contributed by atoms with E-state index in [1.54, 1.807) is 0 Å². The number of carbonyl (C=O) groups excluding carboxylic acids is 1. The van der Waals surface area contributed by atoms with Crippen LogP contribution in [0.5, 0.6) is 0 Å². The predicted octanol–water partition coefficient (Wildman–Crippen LogP) is -4.83. The Morgan fingerprint density at radius 2 is 1.27 bits per heavy atom. The summed E-state index contributed by atoms with van der Waals surface area (Å²) in [5, 5.41) is 68.3. The molecule has 7 N–H and O–H groups in total. The fourth-order valence-electron chi connectivity index (χ4n) is 2.68. The molecule has 2 rings (SSSR count). The molecule has 0 aliphatic carbocycles. The molecular weight excluding hydrogens is 360 g/mol. The van der Waals surface area contributed by atoms with Gasteiger partial charge in [0.2, 0.25) is 0 Å². The van der Waals surface area contributed by atoms with Gasteiger partial charge in [-0.25, -0.2) is 0 Å². The molecule has 0 aromatic carbocycles. The van der Waals surface area contributed by atoms with E-state index in [0.717, 1.165) is 6.92 Å². The van der Waals surface area contributed by atoms with Crippen molar-refractivity contribution >= 4 is 5.97 Å². The highest BCUT2D eigenvalue weighted by Crippen LogP contribution is 2.28. The average molecular weight is 384 g/mol. The van der Waals surface area contributed by atoms with Crippen molar-refractivity contribution in [3.05, 3.63) is 0 Å². The van der Waals surface area contributed by atoms with Crippen LogP contribution < -0.4 is 0 Å². The summed E-state index contributed by atoms with van der Waals surface area (Å²) in [6.45, 7) is 0.00649. The minimum Gasteiger partial charge on any atom is -0.463 e. The van der Waals surface area contributed by atoms with Gasteiger partial charge in [0.25, 0.3) is 0 Å². The van der Waals surface area contributed by atoms with Gasteiger partial charge >= 0.3 is 5.97 Å². The van der Waals surface area contributed by atoms with E-state index in [9.17, 15) is 35.4 Å². The zero-order valence-electron chi connectivity index (χ0n) is 13.9. The lowest BCUT2D eigenvalue weighted by molar-refractivity contribution is -0.376. The molecule has 5 unspecified atom stereocenters. The third kappa shape index (κ3) is 4.48. The summed E-state index contributed by atoms with van der Waals surface area (Å²) >= 11 is 0. The Kier molecular flexibility index (Phi) is 7.27. The molecule has 2 heterocycles. The van der Waals surface area contributed by atoms with Crippen molar-refractivity contribution in [1.82, 2.24) is 0 Å². The Balaban J connectivity index is 2.07. The first-order chi connectivity index (χ1) is 12.2. The lowest BCUT2D eigenvalue weighted by Gasteiger charge is -2.44. The van der Waals surface area contributed by atoms with Crippen LogP contribution in [-0.2, 0) is 23.7 Å². The van der Waals surface area contributed by atoms with Crippen LogP contribution in [0.25, 0.3) is 0 Å². The van der Waals surface area contributed by atoms with E-state index < -0.39 is 80.6 Å². The lowest BCUT2D eigenvalue weighted by Crippen LogP contribution is -2.63. The maximum atomic E-state index is 10.9. The molecule has 26 heavy (non-hydrogen) atoms. The van der Waals surface area contributed by atoms with Crippen LogP contribution in [0, 0.1) is 0 Å². The minimum absolute atomic E-state index is 0.436. The first-order valence-electron chi connectivity index (χ1n) is 7.96. The summed E-state index contributed by atoms with van der Waals surface area (Å²) in [6, 6.07) is 0. The summed E-state index contributed by atoms with van der Waals surface area (Å²) in [5.74, 6) is -0.659. The zero-order chi connectivity index (χ0) is 19.6. The number of rotatable bonds is 5. The Labute approximate surface area is 148 Å². The fraction of sp³-hybridized carbons (Fsp3) is 0.929. The highest BCUT2D eigenvalue weighted by molar-refractivity contribution is 5.65. The first kappa shape index (κ1) is 21.4. The molecule has 2 aliphatic rings. The van der Waals surface area contributed by atoms with Gasteiger partial charge in [-0.2, -0.15) is 0 Å². The highest BCUT2D eigenvalue weighted by Gasteiger charge is 2.49. The molecule has 2 aliphatic heterocycles. The van der Waals surface area contributed by atoms with Crippen molar-refractivity contribution in [3.63, 3.8) is 0 Å². The molecule has 2 saturated heterocycles. The maximum Gasteiger partial charge on any atom is 0.302 e. The van der Waals surface area contributed by atoms with Crippen LogP contribution in [0.3, 0.4) is 0 Å². The lowest BCUT2D eigenvalue weighted by atomic mass is 9.98. The first-order valence-corrected chi connectivity index (χ1v) is 7.96. The van der Waals surface area contributed by atoms with E-state index in [1.807, 2.05) is 0 Å². The molecular formula is C14H24O12. The number of aliphatic hydroxyl groups is 7. The third-order valence-electron chi connectivity index (χ3n) is 4.24. The molecule has 10 atom stereocenters. The van der Waals surface area contributed by atoms with E-state index in [-0.39, 0.29) is 0 Å². The van der Waals surface area contributed by atoms with E-state index in [2.05, 4.69) is 0 Å². The summed E-state index contributed by atoms with van der Waals surface area (Å²) in [4.78, 5) is 10.9. The van der Waals surface area contributed by atoms with Gasteiger partial charge in [-0.05, 0) is 0 Å². The molecule has 152 valence electrons. The SMILES string of the molecule is CC(=O)OCC1O[C@H](O[C@H]2OC(CO)C(O)[C@@H](O)C2O)C(O)[C@@H](O)[C@@H]1O. The Hall–Kier alpha value is -0.930. The number of ether oxygens (including phenoxy) is 4. The number of carbonyl (C=O) groups is 1.